The smallest absolute Gasteiger partial charge is 0.182 e. The van der Waals surface area contributed by atoms with Gasteiger partial charge in [-0.1, -0.05) is 0 Å². The van der Waals surface area contributed by atoms with Gasteiger partial charge >= 0.3 is 0 Å². The molecule has 4 heterocycles. The molecular weight excluding hydrogens is 430 g/mol. The molecule has 3 aromatic heterocycles. The maximum absolute atomic E-state index is 13.4. The summed E-state index contributed by atoms with van der Waals surface area (Å²) >= 11 is 0. The Morgan fingerprint density at radius 3 is 2.62 bits per heavy atom. The summed E-state index contributed by atoms with van der Waals surface area (Å²) in [5.41, 5.74) is 1.02. The zero-order valence-corrected chi connectivity index (χ0v) is 18.4. The number of ketones is 1. The van der Waals surface area contributed by atoms with Crippen molar-refractivity contribution in [3.05, 3.63) is 42.7 Å². The van der Waals surface area contributed by atoms with Crippen LogP contribution in [0.5, 0.6) is 0 Å². The van der Waals surface area contributed by atoms with Crippen LogP contribution in [-0.2, 0) is 25.8 Å². The van der Waals surface area contributed by atoms with E-state index in [2.05, 4.69) is 20.1 Å². The molecule has 3 aromatic rings. The van der Waals surface area contributed by atoms with Crippen molar-refractivity contribution in [3.8, 4) is 0 Å². The van der Waals surface area contributed by atoms with Gasteiger partial charge in [0.15, 0.2) is 21.3 Å². The molecule has 0 aromatic carbocycles. The van der Waals surface area contributed by atoms with Crippen molar-refractivity contribution in [2.24, 2.45) is 5.92 Å². The Bertz CT molecular complexity index is 1220. The van der Waals surface area contributed by atoms with E-state index in [1.54, 1.807) is 23.3 Å². The average molecular weight is 456 g/mol. The van der Waals surface area contributed by atoms with Gasteiger partial charge in [0.25, 0.3) is 0 Å². The van der Waals surface area contributed by atoms with E-state index >= 15 is 0 Å². The molecule has 0 amide bonds. The number of aromatic nitrogens is 5. The van der Waals surface area contributed by atoms with Gasteiger partial charge in [0.2, 0.25) is 0 Å². The Morgan fingerprint density at radius 1 is 1.09 bits per heavy atom. The van der Waals surface area contributed by atoms with Crippen molar-refractivity contribution in [1.82, 2.24) is 24.7 Å². The summed E-state index contributed by atoms with van der Waals surface area (Å²) in [6.45, 7) is 1.36. The predicted octanol–water partition coefficient (Wildman–Crippen LogP) is 2.33. The van der Waals surface area contributed by atoms with Crippen LogP contribution >= 0.6 is 0 Å². The molecule has 0 unspecified atom stereocenters. The number of rotatable bonds is 8. The Hall–Kier alpha value is -2.72. The maximum atomic E-state index is 13.4. The summed E-state index contributed by atoms with van der Waals surface area (Å²) in [6.07, 6.45) is 11.6. The summed E-state index contributed by atoms with van der Waals surface area (Å²) in [6, 6.07) is 0.973. The zero-order chi connectivity index (χ0) is 22.1. The fraction of sp³-hybridized carbons (Fsp3) is 0.500. The number of sulfone groups is 1. The molecule has 1 saturated heterocycles. The number of carbonyl (C=O) groups excluding carboxylic acids is 1. The lowest BCUT2D eigenvalue weighted by Crippen LogP contribution is -2.28. The van der Waals surface area contributed by atoms with Crippen LogP contribution in [0, 0.1) is 5.92 Å². The first-order valence-corrected chi connectivity index (χ1v) is 12.5. The standard InChI is InChI=1S/C22H25N5O4S/c28-20(12-16-13-23-7-8-24-16)19(11-15-4-9-31-10-5-15)27-22-18(14-26-27)21(3-6-25-22)32(29,30)17-1-2-17/h3,6-8,13-15,17,19H,1-2,4-5,9-12H2/t19-/m0/s1. The number of pyridine rings is 1. The highest BCUT2D eigenvalue weighted by Crippen LogP contribution is 2.37. The van der Waals surface area contributed by atoms with E-state index < -0.39 is 15.9 Å². The van der Waals surface area contributed by atoms with Crippen molar-refractivity contribution in [1.29, 1.82) is 0 Å². The zero-order valence-electron chi connectivity index (χ0n) is 17.6. The van der Waals surface area contributed by atoms with Crippen LogP contribution < -0.4 is 0 Å². The van der Waals surface area contributed by atoms with E-state index in [9.17, 15) is 13.2 Å². The van der Waals surface area contributed by atoms with Crippen LogP contribution in [0.25, 0.3) is 11.0 Å². The van der Waals surface area contributed by atoms with E-state index in [0.29, 0.717) is 55.1 Å². The minimum atomic E-state index is -3.41. The molecule has 10 heteroatoms. The predicted molar refractivity (Wildman–Crippen MR) is 116 cm³/mol. The third-order valence-electron chi connectivity index (χ3n) is 6.26. The second kappa shape index (κ2) is 8.67. The number of carbonyl (C=O) groups is 1. The molecule has 5 rings (SSSR count). The second-order valence-corrected chi connectivity index (χ2v) is 10.7. The van der Waals surface area contributed by atoms with Gasteiger partial charge in [-0.05, 0) is 44.1 Å². The third kappa shape index (κ3) is 4.16. The summed E-state index contributed by atoms with van der Waals surface area (Å²) < 4.78 is 32.9. The van der Waals surface area contributed by atoms with E-state index in [1.807, 2.05) is 0 Å². The van der Waals surface area contributed by atoms with Crippen molar-refractivity contribution in [2.75, 3.05) is 13.2 Å². The second-order valence-electron chi connectivity index (χ2n) is 8.53. The van der Waals surface area contributed by atoms with Crippen LogP contribution in [0.15, 0.2) is 41.9 Å². The summed E-state index contributed by atoms with van der Waals surface area (Å²) in [5.74, 6) is 0.274. The molecule has 168 valence electrons. The Balaban J connectivity index is 1.52. The van der Waals surface area contributed by atoms with Gasteiger partial charge in [-0.2, -0.15) is 5.10 Å². The Morgan fingerprint density at radius 2 is 1.91 bits per heavy atom. The van der Waals surface area contributed by atoms with Crippen LogP contribution in [0.3, 0.4) is 0 Å². The van der Waals surface area contributed by atoms with Crippen molar-refractivity contribution in [3.63, 3.8) is 0 Å². The van der Waals surface area contributed by atoms with Crippen molar-refractivity contribution >= 4 is 26.7 Å². The highest BCUT2D eigenvalue weighted by atomic mass is 32.2. The maximum Gasteiger partial charge on any atom is 0.182 e. The minimum absolute atomic E-state index is 0.0424. The fourth-order valence-corrected chi connectivity index (χ4v) is 6.16. The summed E-state index contributed by atoms with van der Waals surface area (Å²) in [7, 11) is -3.41. The normalized spacial score (nSPS) is 18.6. The van der Waals surface area contributed by atoms with Gasteiger partial charge in [-0.15, -0.1) is 0 Å². The molecule has 2 aliphatic rings. The molecule has 1 aliphatic carbocycles. The highest BCUT2D eigenvalue weighted by molar-refractivity contribution is 7.92. The van der Waals surface area contributed by atoms with Gasteiger partial charge in [0.05, 0.1) is 33.8 Å². The molecule has 0 spiro atoms. The number of fused-ring (bicyclic) bond motifs is 1. The van der Waals surface area contributed by atoms with Crippen molar-refractivity contribution in [2.45, 2.75) is 54.7 Å². The average Bonchev–Trinajstić information content (AvgIpc) is 3.59. The van der Waals surface area contributed by atoms with Gasteiger partial charge in [0, 0.05) is 38.0 Å². The van der Waals surface area contributed by atoms with Crippen LogP contribution in [0.4, 0.5) is 0 Å². The molecule has 0 radical (unpaired) electrons. The summed E-state index contributed by atoms with van der Waals surface area (Å²) in [4.78, 5) is 26.4. The first-order valence-electron chi connectivity index (χ1n) is 11.0. The number of hydrogen-bond acceptors (Lipinski definition) is 8. The third-order valence-corrected chi connectivity index (χ3v) is 8.58. The molecule has 1 aliphatic heterocycles. The molecule has 0 bridgehead atoms. The van der Waals surface area contributed by atoms with Gasteiger partial charge in [-0.3, -0.25) is 14.8 Å². The monoisotopic (exact) mass is 455 g/mol. The SMILES string of the molecule is O=C(Cc1cnccn1)[C@H](CC1CCOCC1)n1ncc2c(S(=O)(=O)C3CC3)ccnc21. The molecule has 2 fully saturated rings. The lowest BCUT2D eigenvalue weighted by molar-refractivity contribution is -0.122. The molecule has 1 atom stereocenters. The first-order chi connectivity index (χ1) is 15.5. The molecule has 9 nitrogen and oxygen atoms in total. The van der Waals surface area contributed by atoms with E-state index in [0.717, 1.165) is 12.8 Å². The fourth-order valence-electron chi connectivity index (χ4n) is 4.34. The van der Waals surface area contributed by atoms with Crippen LogP contribution in [0.2, 0.25) is 0 Å². The molecule has 32 heavy (non-hydrogen) atoms. The van der Waals surface area contributed by atoms with E-state index in [1.165, 1.54) is 18.5 Å². The van der Waals surface area contributed by atoms with Gasteiger partial charge < -0.3 is 4.74 Å². The number of ether oxygens (including phenoxy) is 1. The number of hydrogen-bond donors (Lipinski definition) is 0. The van der Waals surface area contributed by atoms with Crippen LogP contribution in [-0.4, -0.2) is 57.4 Å². The van der Waals surface area contributed by atoms with Crippen molar-refractivity contribution < 1.29 is 17.9 Å². The topological polar surface area (TPSA) is 117 Å². The van der Waals surface area contributed by atoms with Crippen LogP contribution in [0.1, 0.15) is 43.8 Å². The molecule has 0 N–H and O–H groups in total. The first kappa shape index (κ1) is 21.1. The van der Waals surface area contributed by atoms with Gasteiger partial charge in [0.1, 0.15) is 6.04 Å². The Labute approximate surface area is 186 Å². The van der Waals surface area contributed by atoms with Gasteiger partial charge in [-0.25, -0.2) is 18.1 Å². The minimum Gasteiger partial charge on any atom is -0.381 e. The molecular formula is C22H25N5O4S. The van der Waals surface area contributed by atoms with E-state index in [-0.39, 0.29) is 22.3 Å². The molecule has 1 saturated carbocycles. The number of nitrogens with zero attached hydrogens (tertiary/aromatic N) is 5. The quantitative estimate of drug-likeness (QED) is 0.508. The number of Topliss-reactive ketones (excluding diaryl/α,β-unsaturated/α-hetero) is 1. The lowest BCUT2D eigenvalue weighted by atomic mass is 9.90. The summed E-state index contributed by atoms with van der Waals surface area (Å²) in [5, 5.41) is 4.63. The largest absolute Gasteiger partial charge is 0.381 e. The van der Waals surface area contributed by atoms with E-state index in [4.69, 9.17) is 4.74 Å². The highest BCUT2D eigenvalue weighted by Gasteiger charge is 2.38. The lowest BCUT2D eigenvalue weighted by Gasteiger charge is -2.26. The Kier molecular flexibility index (Phi) is 5.73.